The average Bonchev–Trinajstić information content (AvgIpc) is 3.07. The Balaban J connectivity index is 1.58. The van der Waals surface area contributed by atoms with Crippen LogP contribution in [-0.2, 0) is 45.6 Å². The van der Waals surface area contributed by atoms with Crippen molar-refractivity contribution in [1.29, 1.82) is 0 Å². The summed E-state index contributed by atoms with van der Waals surface area (Å²) in [6, 6.07) is 0. The monoisotopic (exact) mass is 1100 g/mol. The molecule has 0 N–H and O–H groups in total. The minimum atomic E-state index is -3.98. The molecule has 12 nitrogen and oxygen atoms in total. The van der Waals surface area contributed by atoms with E-state index in [0.29, 0.717) is 38.5 Å². The van der Waals surface area contributed by atoms with Crippen LogP contribution in [0.4, 0.5) is 0 Å². The van der Waals surface area contributed by atoms with Gasteiger partial charge in [0.05, 0.1) is 0 Å². The van der Waals surface area contributed by atoms with Gasteiger partial charge >= 0.3 is 320 Å². The molecule has 0 bridgehead atoms. The maximum atomic E-state index is 12.5. The Kier molecular flexibility index (Phi) is 26.9. The molecule has 0 aliphatic carbocycles. The molecule has 2 aliphatic rings. The van der Waals surface area contributed by atoms with E-state index in [2.05, 4.69) is 0 Å². The van der Waals surface area contributed by atoms with Crippen LogP contribution in [0.1, 0.15) is 193 Å². The summed E-state index contributed by atoms with van der Waals surface area (Å²) < 4.78 is 32.3. The molecule has 2 fully saturated rings. The molecule has 2 saturated heterocycles. The topological polar surface area (TPSA) is 158 Å². The van der Waals surface area contributed by atoms with E-state index in [1.165, 1.54) is 0 Å². The van der Waals surface area contributed by atoms with Crippen molar-refractivity contribution in [3.63, 3.8) is 0 Å². The Morgan fingerprint density at radius 3 is 0.860 bits per heavy atom. The fraction of sp³-hybridized carbons (Fsp3) is 0.833. The van der Waals surface area contributed by atoms with Crippen LogP contribution in [0.2, 0.25) is 0 Å². The average molecular weight is 1100 g/mol. The van der Waals surface area contributed by atoms with E-state index in [9.17, 15) is 28.8 Å². The van der Waals surface area contributed by atoms with Crippen molar-refractivity contribution in [2.24, 2.45) is 0 Å². The standard InChI is InChI=1S/3C12H22O4.2Bi/c3*13-11(14)9-7-5-3-1-2-4-6-8-10-12(15)16;;/h3*1-10H2,(H,13,14)(H,15,16);;/q;;;2*+3/p-6. The van der Waals surface area contributed by atoms with Gasteiger partial charge in [-0.1, -0.05) is 0 Å². The molecule has 0 atom stereocenters. The SMILES string of the molecule is O=C1CCCCCCCCCCC(=O)[O][Bi]([O]C(=O)CCCCCCCCCCC(=O)[O][Bi]2[O]C(=O)CCCCCCCCCCC(=O)[O]2)[O]1. The zero-order valence-corrected chi connectivity index (χ0v) is 37.0. The minimum absolute atomic E-state index is 0.180. The van der Waals surface area contributed by atoms with E-state index in [0.717, 1.165) is 116 Å². The molecule has 2 aliphatic heterocycles. The summed E-state index contributed by atoms with van der Waals surface area (Å²) in [6.45, 7) is 0. The van der Waals surface area contributed by atoms with Gasteiger partial charge in [0.1, 0.15) is 0 Å². The number of carbonyl (C=O) groups is 6. The molecule has 0 aromatic heterocycles. The van der Waals surface area contributed by atoms with Crippen LogP contribution in [0.15, 0.2) is 0 Å². The Morgan fingerprint density at radius 2 is 0.600 bits per heavy atom. The number of rotatable bonds is 13. The van der Waals surface area contributed by atoms with E-state index in [-0.39, 0.29) is 38.5 Å². The third-order valence-corrected chi connectivity index (χ3v) is 16.8. The van der Waals surface area contributed by atoms with Gasteiger partial charge in [0, 0.05) is 0 Å². The van der Waals surface area contributed by atoms with Crippen LogP contribution in [-0.4, -0.2) is 82.0 Å². The third kappa shape index (κ3) is 25.5. The van der Waals surface area contributed by atoms with E-state index >= 15 is 0 Å². The second-order valence-corrected chi connectivity index (χ2v) is 20.9. The first-order valence-electron chi connectivity index (χ1n) is 19.2. The van der Waals surface area contributed by atoms with Crippen molar-refractivity contribution in [1.82, 2.24) is 0 Å². The first-order valence-corrected chi connectivity index (χ1v) is 27.7. The van der Waals surface area contributed by atoms with Crippen molar-refractivity contribution in [3.8, 4) is 0 Å². The van der Waals surface area contributed by atoms with Gasteiger partial charge in [-0.2, -0.15) is 0 Å². The van der Waals surface area contributed by atoms with Crippen LogP contribution in [0.25, 0.3) is 0 Å². The van der Waals surface area contributed by atoms with E-state index in [4.69, 9.17) is 16.9 Å². The van der Waals surface area contributed by atoms with Crippen LogP contribution in [0.3, 0.4) is 0 Å². The Bertz CT molecular complexity index is 878. The van der Waals surface area contributed by atoms with Gasteiger partial charge in [-0.15, -0.1) is 0 Å². The molecular formula is C36H60Bi2O12. The van der Waals surface area contributed by atoms with Crippen molar-refractivity contribution in [2.75, 3.05) is 0 Å². The fourth-order valence-corrected chi connectivity index (χ4v) is 12.6. The predicted molar refractivity (Wildman–Crippen MR) is 187 cm³/mol. The van der Waals surface area contributed by atoms with Gasteiger partial charge in [0.25, 0.3) is 0 Å². The van der Waals surface area contributed by atoms with Gasteiger partial charge < -0.3 is 0 Å². The molecule has 50 heavy (non-hydrogen) atoms. The van der Waals surface area contributed by atoms with Crippen molar-refractivity contribution in [2.45, 2.75) is 193 Å². The summed E-state index contributed by atoms with van der Waals surface area (Å²) in [6.07, 6.45) is 23.6. The van der Waals surface area contributed by atoms with Crippen molar-refractivity contribution >= 4 is 82.0 Å². The molecule has 0 unspecified atom stereocenters. The molecule has 0 amide bonds. The molecule has 0 saturated carbocycles. The summed E-state index contributed by atoms with van der Waals surface area (Å²) in [5.74, 6) is -2.80. The number of unbranched alkanes of at least 4 members (excludes halogenated alkanes) is 7. The van der Waals surface area contributed by atoms with Crippen LogP contribution < -0.4 is 0 Å². The van der Waals surface area contributed by atoms with E-state index < -0.39 is 82.0 Å². The van der Waals surface area contributed by atoms with Crippen LogP contribution >= 0.6 is 0 Å². The summed E-state index contributed by atoms with van der Waals surface area (Å²) in [7, 11) is 0. The number of hydrogen-bond acceptors (Lipinski definition) is 12. The van der Waals surface area contributed by atoms with Crippen LogP contribution in [0.5, 0.6) is 0 Å². The van der Waals surface area contributed by atoms with Crippen LogP contribution in [0, 0.1) is 0 Å². The van der Waals surface area contributed by atoms with Gasteiger partial charge in [-0.25, -0.2) is 0 Å². The first-order chi connectivity index (χ1) is 24.3. The summed E-state index contributed by atoms with van der Waals surface area (Å²) in [5, 5.41) is 0. The van der Waals surface area contributed by atoms with E-state index in [1.54, 1.807) is 0 Å². The normalized spacial score (nSPS) is 19.6. The van der Waals surface area contributed by atoms with Crippen molar-refractivity contribution < 1.29 is 45.6 Å². The third-order valence-electron chi connectivity index (χ3n) is 8.59. The van der Waals surface area contributed by atoms with Gasteiger partial charge in [-0.05, 0) is 0 Å². The zero-order valence-electron chi connectivity index (χ0n) is 30.0. The molecule has 0 spiro atoms. The molecule has 2 heterocycles. The Morgan fingerprint density at radius 1 is 0.380 bits per heavy atom. The molecule has 0 aromatic carbocycles. The Hall–Kier alpha value is -1.41. The molecule has 2 rings (SSSR count). The molecule has 14 heteroatoms. The number of hydrogen-bond donors (Lipinski definition) is 0. The molecular weight excluding hydrogens is 1040 g/mol. The van der Waals surface area contributed by atoms with Gasteiger partial charge in [0.15, 0.2) is 0 Å². The predicted octanol–water partition coefficient (Wildman–Crippen LogP) is 7.95. The Labute approximate surface area is 318 Å². The zero-order chi connectivity index (χ0) is 36.1. The molecule has 0 radical (unpaired) electrons. The summed E-state index contributed by atoms with van der Waals surface area (Å²) >= 11 is -7.96. The molecule has 0 aromatic rings. The maximum absolute atomic E-state index is 12.5. The van der Waals surface area contributed by atoms with Crippen molar-refractivity contribution in [3.05, 3.63) is 0 Å². The summed E-state index contributed by atoms with van der Waals surface area (Å²) in [5.41, 5.74) is 0. The number of carbonyl (C=O) groups excluding carboxylic acids is 6. The second kappa shape index (κ2) is 30.1. The van der Waals surface area contributed by atoms with E-state index in [1.807, 2.05) is 0 Å². The second-order valence-electron chi connectivity index (χ2n) is 13.2. The quantitative estimate of drug-likeness (QED) is 0.130. The fourth-order valence-electron chi connectivity index (χ4n) is 5.68. The van der Waals surface area contributed by atoms with Gasteiger partial charge in [0.2, 0.25) is 0 Å². The van der Waals surface area contributed by atoms with Gasteiger partial charge in [-0.3, -0.25) is 0 Å². The summed E-state index contributed by atoms with van der Waals surface area (Å²) in [4.78, 5) is 73.9. The first kappa shape index (κ1) is 44.7. The molecule has 286 valence electrons.